The lowest BCUT2D eigenvalue weighted by atomic mass is 10.2. The molecule has 0 aromatic carbocycles. The molecule has 0 fully saturated rings. The SMILES string of the molecule is CC(C)c1cn2ccnnc2n1. The van der Waals surface area contributed by atoms with Crippen LogP contribution in [0.25, 0.3) is 5.78 Å². The Morgan fingerprint density at radius 3 is 2.92 bits per heavy atom. The average Bonchev–Trinajstić information content (AvgIpc) is 2.46. The lowest BCUT2D eigenvalue weighted by molar-refractivity contribution is 0.833. The predicted octanol–water partition coefficient (Wildman–Crippen LogP) is 1.25. The molecule has 0 aliphatic rings. The molecule has 2 heterocycles. The molecule has 0 saturated carbocycles. The van der Waals surface area contributed by atoms with Crippen molar-refractivity contribution in [3.63, 3.8) is 0 Å². The highest BCUT2D eigenvalue weighted by atomic mass is 15.2. The van der Waals surface area contributed by atoms with E-state index in [1.807, 2.05) is 16.8 Å². The zero-order chi connectivity index (χ0) is 8.55. The molecule has 0 unspecified atom stereocenters. The molecule has 12 heavy (non-hydrogen) atoms. The molecule has 62 valence electrons. The van der Waals surface area contributed by atoms with Crippen LogP contribution in [0.5, 0.6) is 0 Å². The van der Waals surface area contributed by atoms with Gasteiger partial charge in [0.15, 0.2) is 0 Å². The van der Waals surface area contributed by atoms with E-state index in [0.717, 1.165) is 5.69 Å². The van der Waals surface area contributed by atoms with E-state index in [4.69, 9.17) is 0 Å². The van der Waals surface area contributed by atoms with Gasteiger partial charge < -0.3 is 0 Å². The van der Waals surface area contributed by atoms with Gasteiger partial charge in [-0.2, -0.15) is 5.10 Å². The van der Waals surface area contributed by atoms with Crippen molar-refractivity contribution in [1.29, 1.82) is 0 Å². The third-order valence-corrected chi connectivity index (χ3v) is 1.76. The first-order valence-corrected chi connectivity index (χ1v) is 3.93. The van der Waals surface area contributed by atoms with Crippen LogP contribution in [0, 0.1) is 0 Å². The van der Waals surface area contributed by atoms with Crippen LogP contribution < -0.4 is 0 Å². The second-order valence-corrected chi connectivity index (χ2v) is 3.04. The molecule has 0 amide bonds. The van der Waals surface area contributed by atoms with Crippen molar-refractivity contribution >= 4 is 5.78 Å². The Morgan fingerprint density at radius 1 is 1.42 bits per heavy atom. The minimum absolute atomic E-state index is 0.437. The molecule has 0 bridgehead atoms. The van der Waals surface area contributed by atoms with Crippen molar-refractivity contribution in [3.8, 4) is 0 Å². The molecular formula is C8H10N4. The van der Waals surface area contributed by atoms with Gasteiger partial charge in [0, 0.05) is 12.4 Å². The van der Waals surface area contributed by atoms with Gasteiger partial charge in [0.25, 0.3) is 5.78 Å². The van der Waals surface area contributed by atoms with E-state index in [0.29, 0.717) is 11.7 Å². The van der Waals surface area contributed by atoms with Crippen LogP contribution in [0.4, 0.5) is 0 Å². The van der Waals surface area contributed by atoms with Crippen molar-refractivity contribution in [3.05, 3.63) is 24.3 Å². The van der Waals surface area contributed by atoms with Crippen molar-refractivity contribution in [2.75, 3.05) is 0 Å². The summed E-state index contributed by atoms with van der Waals surface area (Å²) in [5.41, 5.74) is 1.05. The van der Waals surface area contributed by atoms with E-state index in [2.05, 4.69) is 29.0 Å². The molecule has 4 heteroatoms. The highest BCUT2D eigenvalue weighted by Crippen LogP contribution is 2.11. The maximum atomic E-state index is 4.30. The summed E-state index contributed by atoms with van der Waals surface area (Å²) in [5, 5.41) is 7.64. The van der Waals surface area contributed by atoms with E-state index >= 15 is 0 Å². The van der Waals surface area contributed by atoms with Crippen LogP contribution in [-0.4, -0.2) is 19.6 Å². The maximum absolute atomic E-state index is 4.30. The van der Waals surface area contributed by atoms with Gasteiger partial charge in [0.1, 0.15) is 0 Å². The lowest BCUT2D eigenvalue weighted by Crippen LogP contribution is -1.87. The fourth-order valence-electron chi connectivity index (χ4n) is 1.05. The van der Waals surface area contributed by atoms with Gasteiger partial charge in [-0.05, 0) is 5.92 Å². The summed E-state index contributed by atoms with van der Waals surface area (Å²) >= 11 is 0. The molecule has 4 nitrogen and oxygen atoms in total. The summed E-state index contributed by atoms with van der Waals surface area (Å²) < 4.78 is 1.88. The van der Waals surface area contributed by atoms with E-state index < -0.39 is 0 Å². The molecule has 2 aromatic heterocycles. The predicted molar refractivity (Wildman–Crippen MR) is 44.9 cm³/mol. The first-order chi connectivity index (χ1) is 5.77. The smallest absolute Gasteiger partial charge is 0.253 e. The molecule has 0 aliphatic heterocycles. The Balaban J connectivity index is 2.62. The van der Waals surface area contributed by atoms with Gasteiger partial charge in [0.05, 0.1) is 11.9 Å². The van der Waals surface area contributed by atoms with Crippen molar-refractivity contribution in [1.82, 2.24) is 19.6 Å². The fraction of sp³-hybridized carbons (Fsp3) is 0.375. The quantitative estimate of drug-likeness (QED) is 0.633. The van der Waals surface area contributed by atoms with Crippen molar-refractivity contribution in [2.24, 2.45) is 0 Å². The first kappa shape index (κ1) is 7.21. The van der Waals surface area contributed by atoms with Gasteiger partial charge in [-0.25, -0.2) is 4.98 Å². The highest BCUT2D eigenvalue weighted by Gasteiger charge is 2.04. The fourth-order valence-corrected chi connectivity index (χ4v) is 1.05. The number of hydrogen-bond acceptors (Lipinski definition) is 3. The molecule has 0 radical (unpaired) electrons. The topological polar surface area (TPSA) is 43.1 Å². The molecule has 0 saturated heterocycles. The Hall–Kier alpha value is -1.45. The molecule has 0 aliphatic carbocycles. The third-order valence-electron chi connectivity index (χ3n) is 1.76. The summed E-state index contributed by atoms with van der Waals surface area (Å²) in [5.74, 6) is 1.10. The second-order valence-electron chi connectivity index (χ2n) is 3.04. The van der Waals surface area contributed by atoms with Crippen LogP contribution in [0.1, 0.15) is 25.5 Å². The van der Waals surface area contributed by atoms with Gasteiger partial charge in [-0.3, -0.25) is 4.40 Å². The van der Waals surface area contributed by atoms with Crippen LogP contribution in [0.3, 0.4) is 0 Å². The number of nitrogens with zero attached hydrogens (tertiary/aromatic N) is 4. The summed E-state index contributed by atoms with van der Waals surface area (Å²) in [6.45, 7) is 4.21. The molecule has 0 N–H and O–H groups in total. The number of rotatable bonds is 1. The normalized spacial score (nSPS) is 11.2. The zero-order valence-electron chi connectivity index (χ0n) is 7.10. The van der Waals surface area contributed by atoms with Crippen molar-refractivity contribution in [2.45, 2.75) is 19.8 Å². The largest absolute Gasteiger partial charge is 0.288 e. The number of fused-ring (bicyclic) bond motifs is 1. The zero-order valence-corrected chi connectivity index (χ0v) is 7.10. The van der Waals surface area contributed by atoms with E-state index in [1.165, 1.54) is 0 Å². The van der Waals surface area contributed by atoms with Crippen LogP contribution in [0.2, 0.25) is 0 Å². The van der Waals surface area contributed by atoms with E-state index in [1.54, 1.807) is 6.20 Å². The van der Waals surface area contributed by atoms with Crippen molar-refractivity contribution < 1.29 is 0 Å². The summed E-state index contributed by atoms with van der Waals surface area (Å²) in [7, 11) is 0. The van der Waals surface area contributed by atoms with Crippen LogP contribution in [0.15, 0.2) is 18.6 Å². The Labute approximate surface area is 70.3 Å². The summed E-state index contributed by atoms with van der Waals surface area (Å²) in [6.07, 6.45) is 5.48. The second kappa shape index (κ2) is 2.55. The third kappa shape index (κ3) is 1.05. The van der Waals surface area contributed by atoms with Gasteiger partial charge in [-0.1, -0.05) is 13.8 Å². The first-order valence-electron chi connectivity index (χ1n) is 3.93. The molecule has 2 aromatic rings. The standard InChI is InChI=1S/C8H10N4/c1-6(2)7-5-12-4-3-9-11-8(12)10-7/h3-6H,1-2H3. The lowest BCUT2D eigenvalue weighted by Gasteiger charge is -1.94. The van der Waals surface area contributed by atoms with E-state index in [-0.39, 0.29) is 0 Å². The minimum atomic E-state index is 0.437. The summed E-state index contributed by atoms with van der Waals surface area (Å²) in [4.78, 5) is 4.30. The highest BCUT2D eigenvalue weighted by molar-refractivity contribution is 5.28. The Morgan fingerprint density at radius 2 is 2.25 bits per heavy atom. The Bertz CT molecular complexity index is 358. The molecule has 0 atom stereocenters. The monoisotopic (exact) mass is 162 g/mol. The summed E-state index contributed by atoms with van der Waals surface area (Å²) in [6, 6.07) is 0. The average molecular weight is 162 g/mol. The number of aromatic nitrogens is 4. The minimum Gasteiger partial charge on any atom is -0.288 e. The van der Waals surface area contributed by atoms with Gasteiger partial charge in [-0.15, -0.1) is 5.10 Å². The van der Waals surface area contributed by atoms with Crippen LogP contribution >= 0.6 is 0 Å². The molecule has 2 rings (SSSR count). The number of hydrogen-bond donors (Lipinski definition) is 0. The van der Waals surface area contributed by atoms with E-state index in [9.17, 15) is 0 Å². The van der Waals surface area contributed by atoms with Crippen LogP contribution in [-0.2, 0) is 0 Å². The van der Waals surface area contributed by atoms with Gasteiger partial charge in [0.2, 0.25) is 0 Å². The number of imidazole rings is 1. The molecule has 0 spiro atoms. The Kier molecular flexibility index (Phi) is 1.53. The maximum Gasteiger partial charge on any atom is 0.253 e. The molecular weight excluding hydrogens is 152 g/mol. The van der Waals surface area contributed by atoms with Gasteiger partial charge >= 0.3 is 0 Å².